The van der Waals surface area contributed by atoms with Crippen LogP contribution in [0.15, 0.2) is 48.6 Å². The van der Waals surface area contributed by atoms with Crippen LogP contribution in [0.5, 0.6) is 11.5 Å². The van der Waals surface area contributed by atoms with Crippen LogP contribution in [0, 0.1) is 12.3 Å². The maximum absolute atomic E-state index is 13.4. The minimum absolute atomic E-state index is 0.0497. The third-order valence-corrected chi connectivity index (χ3v) is 13.2. The van der Waals surface area contributed by atoms with E-state index >= 15 is 0 Å². The molecule has 3 aliphatic rings. The number of para-hydroxylation sites is 1. The van der Waals surface area contributed by atoms with Crippen molar-refractivity contribution < 1.29 is 28.2 Å². The Morgan fingerprint density at radius 3 is 2.49 bits per heavy atom. The lowest BCUT2D eigenvalue weighted by atomic mass is 9.65. The van der Waals surface area contributed by atoms with Crippen molar-refractivity contribution in [2.45, 2.75) is 96.6 Å². The second-order valence-electron chi connectivity index (χ2n) is 13.2. The summed E-state index contributed by atoms with van der Waals surface area (Å²) < 4.78 is 31.8. The molecule has 2 aliphatic heterocycles. The number of esters is 1. The number of aryl methyl sites for hydroxylation is 1. The summed E-state index contributed by atoms with van der Waals surface area (Å²) >= 11 is 0. The van der Waals surface area contributed by atoms with Crippen LogP contribution in [0.25, 0.3) is 0 Å². The van der Waals surface area contributed by atoms with Crippen molar-refractivity contribution in [3.05, 3.63) is 70.8 Å². The number of carbonyl (C=O) groups is 1. The van der Waals surface area contributed by atoms with Crippen molar-refractivity contribution in [3.8, 4) is 11.5 Å². The van der Waals surface area contributed by atoms with Gasteiger partial charge in [-0.15, -0.1) is 0 Å². The number of rotatable bonds is 6. The molecule has 1 unspecified atom stereocenters. The van der Waals surface area contributed by atoms with Crippen LogP contribution in [-0.4, -0.2) is 39.4 Å². The topological polar surface area (TPSA) is 63.2 Å². The first-order valence-corrected chi connectivity index (χ1v) is 16.8. The number of cyclic esters (lactones) is 1. The molecule has 1 fully saturated rings. The SMILES string of the molecule is COc1cc(C)cc2c1C(=O)O[C@@H]2[C@]1(Cc2ccccc2O[Si](C)(C)C(C)(C)C)C=CCC2OC(C)(C)O[C@H]21. The normalized spacial score (nSPS) is 27.6. The van der Waals surface area contributed by atoms with Crippen LogP contribution in [0.2, 0.25) is 18.1 Å². The first kappa shape index (κ1) is 27.9. The molecule has 0 bridgehead atoms. The summed E-state index contributed by atoms with van der Waals surface area (Å²) in [6, 6.07) is 12.2. The van der Waals surface area contributed by atoms with Gasteiger partial charge in [0.25, 0.3) is 0 Å². The Bertz CT molecular complexity index is 1310. The van der Waals surface area contributed by atoms with Gasteiger partial charge in [0.05, 0.1) is 18.6 Å². The smallest absolute Gasteiger partial charge is 0.342 e. The molecule has 0 amide bonds. The fourth-order valence-corrected chi connectivity index (χ4v) is 7.03. The molecule has 1 aliphatic carbocycles. The van der Waals surface area contributed by atoms with E-state index in [2.05, 4.69) is 58.2 Å². The summed E-state index contributed by atoms with van der Waals surface area (Å²) in [5, 5.41) is 0.0497. The van der Waals surface area contributed by atoms with Crippen molar-refractivity contribution in [1.82, 2.24) is 0 Å². The van der Waals surface area contributed by atoms with Gasteiger partial charge in [-0.2, -0.15) is 0 Å². The van der Waals surface area contributed by atoms with Crippen molar-refractivity contribution in [2.75, 3.05) is 7.11 Å². The quantitative estimate of drug-likeness (QED) is 0.214. The van der Waals surface area contributed by atoms with Gasteiger partial charge in [0.2, 0.25) is 8.32 Å². The molecule has 7 heteroatoms. The number of carbonyl (C=O) groups excluding carboxylic acids is 1. The summed E-state index contributed by atoms with van der Waals surface area (Å²) in [6.45, 7) is 17.2. The van der Waals surface area contributed by atoms with Crippen molar-refractivity contribution in [1.29, 1.82) is 0 Å². The second kappa shape index (κ2) is 9.49. The third kappa shape index (κ3) is 4.83. The zero-order valence-corrected chi connectivity index (χ0v) is 25.7. The Hall–Kier alpha value is -2.61. The molecule has 0 radical (unpaired) electrons. The zero-order chi connectivity index (χ0) is 28.4. The minimum atomic E-state index is -2.11. The van der Waals surface area contributed by atoms with Crippen LogP contribution < -0.4 is 9.16 Å². The maximum atomic E-state index is 13.4. The molecular formula is C32H42O6Si. The maximum Gasteiger partial charge on any atom is 0.342 e. The average molecular weight is 551 g/mol. The van der Waals surface area contributed by atoms with E-state index < -0.39 is 25.6 Å². The molecule has 6 nitrogen and oxygen atoms in total. The zero-order valence-electron chi connectivity index (χ0n) is 24.7. The van der Waals surface area contributed by atoms with Crippen LogP contribution in [0.1, 0.15) is 74.2 Å². The number of methoxy groups -OCH3 is 1. The van der Waals surface area contributed by atoms with Gasteiger partial charge < -0.3 is 23.4 Å². The van der Waals surface area contributed by atoms with Crippen LogP contribution in [0.3, 0.4) is 0 Å². The molecule has 0 aromatic heterocycles. The number of benzene rings is 2. The molecule has 39 heavy (non-hydrogen) atoms. The summed E-state index contributed by atoms with van der Waals surface area (Å²) in [7, 11) is -0.522. The molecular weight excluding hydrogens is 508 g/mol. The molecule has 5 rings (SSSR count). The average Bonchev–Trinajstić information content (AvgIpc) is 3.34. The Labute approximate surface area is 233 Å². The summed E-state index contributed by atoms with van der Waals surface area (Å²) in [4.78, 5) is 13.4. The van der Waals surface area contributed by atoms with Gasteiger partial charge in [0, 0.05) is 5.56 Å². The van der Waals surface area contributed by atoms with Crippen LogP contribution >= 0.6 is 0 Å². The monoisotopic (exact) mass is 550 g/mol. The van der Waals surface area contributed by atoms with Gasteiger partial charge >= 0.3 is 5.97 Å². The number of hydrogen-bond donors (Lipinski definition) is 0. The fourth-order valence-electron chi connectivity index (χ4n) is 5.97. The predicted octanol–water partition coefficient (Wildman–Crippen LogP) is 7.31. The van der Waals surface area contributed by atoms with Crippen molar-refractivity contribution >= 4 is 14.3 Å². The number of ether oxygens (including phenoxy) is 4. The standard InChI is InChI=1S/C32H42O6Si/c1-20-17-22-26(25(18-20)34-7)29(33)35-27(22)32(16-12-15-24-28(32)37-31(5,6)36-24)19-21-13-10-11-14-23(21)38-39(8,9)30(2,3)4/h10-14,16-18,24,27-28H,15,19H2,1-9H3/t24?,27-,28+,32+/m0/s1. The van der Waals surface area contributed by atoms with Gasteiger partial charge in [-0.1, -0.05) is 57.2 Å². The largest absolute Gasteiger partial charge is 0.543 e. The van der Waals surface area contributed by atoms with Crippen molar-refractivity contribution in [2.24, 2.45) is 5.41 Å². The van der Waals surface area contributed by atoms with Gasteiger partial charge in [0.15, 0.2) is 5.79 Å². The van der Waals surface area contributed by atoms with Gasteiger partial charge in [-0.3, -0.25) is 0 Å². The minimum Gasteiger partial charge on any atom is -0.543 e. The van der Waals surface area contributed by atoms with Crippen LogP contribution in [-0.2, 0) is 20.6 Å². The molecule has 2 heterocycles. The third-order valence-electron chi connectivity index (χ3n) is 8.85. The lowest BCUT2D eigenvalue weighted by Gasteiger charge is -2.44. The molecule has 0 N–H and O–H groups in total. The highest BCUT2D eigenvalue weighted by molar-refractivity contribution is 6.74. The van der Waals surface area contributed by atoms with Gasteiger partial charge in [-0.05, 0) is 75.0 Å². The van der Waals surface area contributed by atoms with E-state index in [1.165, 1.54) is 0 Å². The molecule has 1 saturated heterocycles. The second-order valence-corrected chi connectivity index (χ2v) is 17.9. The highest BCUT2D eigenvalue weighted by Crippen LogP contribution is 2.57. The van der Waals surface area contributed by atoms with Crippen LogP contribution in [0.4, 0.5) is 0 Å². The molecule has 2 aromatic rings. The summed E-state index contributed by atoms with van der Waals surface area (Å²) in [5.41, 5.74) is 2.67. The lowest BCUT2D eigenvalue weighted by molar-refractivity contribution is -0.161. The highest BCUT2D eigenvalue weighted by Gasteiger charge is 2.60. The van der Waals surface area contributed by atoms with Gasteiger partial charge in [0.1, 0.15) is 29.3 Å². The first-order chi connectivity index (χ1) is 18.2. The van der Waals surface area contributed by atoms with E-state index in [9.17, 15) is 4.79 Å². The van der Waals surface area contributed by atoms with E-state index in [1.54, 1.807) is 7.11 Å². The highest BCUT2D eigenvalue weighted by atomic mass is 28.4. The first-order valence-electron chi connectivity index (χ1n) is 13.9. The Morgan fingerprint density at radius 2 is 1.79 bits per heavy atom. The summed E-state index contributed by atoms with van der Waals surface area (Å²) in [5.74, 6) is 0.295. The summed E-state index contributed by atoms with van der Waals surface area (Å²) in [6.07, 6.45) is 4.59. The molecule has 2 aromatic carbocycles. The number of hydrogen-bond acceptors (Lipinski definition) is 6. The van der Waals surface area contributed by atoms with Crippen molar-refractivity contribution in [3.63, 3.8) is 0 Å². The Morgan fingerprint density at radius 1 is 1.08 bits per heavy atom. The molecule has 0 saturated carbocycles. The number of fused-ring (bicyclic) bond motifs is 2. The lowest BCUT2D eigenvalue weighted by Crippen LogP contribution is -2.49. The Kier molecular flexibility index (Phi) is 6.80. The molecule has 210 valence electrons. The van der Waals surface area contributed by atoms with E-state index in [-0.39, 0.29) is 23.2 Å². The van der Waals surface area contributed by atoms with Gasteiger partial charge in [-0.25, -0.2) is 4.79 Å². The fraction of sp³-hybridized carbons (Fsp3) is 0.531. The predicted molar refractivity (Wildman–Crippen MR) is 154 cm³/mol. The Balaban J connectivity index is 1.66. The van der Waals surface area contributed by atoms with E-state index in [4.69, 9.17) is 23.4 Å². The van der Waals surface area contributed by atoms with E-state index in [1.807, 2.05) is 45.0 Å². The van der Waals surface area contributed by atoms with E-state index in [0.717, 1.165) is 28.9 Å². The molecule has 4 atom stereocenters. The van der Waals surface area contributed by atoms with E-state index in [0.29, 0.717) is 17.7 Å². The molecule has 0 spiro atoms.